The molecule has 2 fully saturated rings. The zero-order valence-electron chi connectivity index (χ0n) is 8.04. The molecule has 0 radical (unpaired) electrons. The lowest BCUT2D eigenvalue weighted by Gasteiger charge is -2.02. The van der Waals surface area contributed by atoms with Crippen LogP contribution in [0.2, 0.25) is 5.15 Å². The van der Waals surface area contributed by atoms with E-state index >= 15 is 0 Å². The summed E-state index contributed by atoms with van der Waals surface area (Å²) in [6.07, 6.45) is 6.26. The van der Waals surface area contributed by atoms with Crippen LogP contribution in [0.1, 0.15) is 43.1 Å². The van der Waals surface area contributed by atoms with Crippen molar-refractivity contribution in [2.45, 2.75) is 38.0 Å². The highest BCUT2D eigenvalue weighted by molar-refractivity contribution is 6.29. The number of hydrogen-bond donors (Lipinski definition) is 0. The van der Waals surface area contributed by atoms with Crippen molar-refractivity contribution in [3.8, 4) is 0 Å². The fourth-order valence-electron chi connectivity index (χ4n) is 1.74. The second-order valence-electron chi connectivity index (χ2n) is 4.45. The Kier molecular flexibility index (Phi) is 1.98. The van der Waals surface area contributed by atoms with Crippen LogP contribution in [0.5, 0.6) is 0 Å². The Morgan fingerprint density at radius 3 is 2.64 bits per heavy atom. The van der Waals surface area contributed by atoms with Gasteiger partial charge in [0.15, 0.2) is 0 Å². The predicted octanol–water partition coefficient (Wildman–Crippen LogP) is 2.96. The maximum absolute atomic E-state index is 5.97. The van der Waals surface area contributed by atoms with Crippen LogP contribution < -0.4 is 0 Å². The van der Waals surface area contributed by atoms with E-state index < -0.39 is 0 Å². The fourth-order valence-corrected chi connectivity index (χ4v) is 1.95. The van der Waals surface area contributed by atoms with Gasteiger partial charge in [0.05, 0.1) is 0 Å². The maximum Gasteiger partial charge on any atom is 0.133 e. The summed E-state index contributed by atoms with van der Waals surface area (Å²) >= 11 is 5.97. The molecule has 0 aliphatic heterocycles. The van der Waals surface area contributed by atoms with E-state index in [4.69, 9.17) is 11.6 Å². The summed E-state index contributed by atoms with van der Waals surface area (Å²) < 4.78 is 0. The topological polar surface area (TPSA) is 25.8 Å². The molecule has 2 nitrogen and oxygen atoms in total. The van der Waals surface area contributed by atoms with E-state index in [2.05, 4.69) is 9.97 Å². The Morgan fingerprint density at radius 1 is 1.21 bits per heavy atom. The second-order valence-corrected chi connectivity index (χ2v) is 4.84. The van der Waals surface area contributed by atoms with Gasteiger partial charge in [0.25, 0.3) is 0 Å². The van der Waals surface area contributed by atoms with Crippen molar-refractivity contribution in [2.24, 2.45) is 5.92 Å². The molecule has 1 aromatic heterocycles. The third-order valence-electron chi connectivity index (χ3n) is 2.92. The van der Waals surface area contributed by atoms with Crippen LogP contribution in [-0.4, -0.2) is 9.97 Å². The first-order chi connectivity index (χ1) is 6.81. The van der Waals surface area contributed by atoms with Gasteiger partial charge < -0.3 is 0 Å². The lowest BCUT2D eigenvalue weighted by molar-refractivity contribution is 0.756. The SMILES string of the molecule is Clc1cc(C2CC2)nc(CC2CC2)n1. The fraction of sp³-hybridized carbons (Fsp3) is 0.636. The molecule has 1 aromatic rings. The number of halogens is 1. The summed E-state index contributed by atoms with van der Waals surface area (Å²) in [4.78, 5) is 8.86. The van der Waals surface area contributed by atoms with Crippen molar-refractivity contribution in [1.82, 2.24) is 9.97 Å². The first-order valence-corrected chi connectivity index (χ1v) is 5.72. The zero-order chi connectivity index (χ0) is 9.54. The van der Waals surface area contributed by atoms with Crippen molar-refractivity contribution >= 4 is 11.6 Å². The molecule has 2 saturated carbocycles. The minimum atomic E-state index is 0.623. The van der Waals surface area contributed by atoms with Crippen molar-refractivity contribution < 1.29 is 0 Å². The number of aromatic nitrogens is 2. The number of nitrogens with zero attached hydrogens (tertiary/aromatic N) is 2. The molecular weight excluding hydrogens is 196 g/mol. The van der Waals surface area contributed by atoms with Gasteiger partial charge in [0.1, 0.15) is 11.0 Å². The van der Waals surface area contributed by atoms with E-state index in [9.17, 15) is 0 Å². The Balaban J connectivity index is 1.85. The van der Waals surface area contributed by atoms with E-state index in [0.717, 1.165) is 18.2 Å². The van der Waals surface area contributed by atoms with Crippen molar-refractivity contribution in [2.75, 3.05) is 0 Å². The molecule has 74 valence electrons. The van der Waals surface area contributed by atoms with Gasteiger partial charge in [-0.2, -0.15) is 0 Å². The molecule has 3 rings (SSSR count). The molecule has 0 spiro atoms. The third-order valence-corrected chi connectivity index (χ3v) is 3.12. The van der Waals surface area contributed by atoms with Crippen LogP contribution in [0.4, 0.5) is 0 Å². The molecule has 3 heteroatoms. The van der Waals surface area contributed by atoms with Gasteiger partial charge >= 0.3 is 0 Å². The Labute approximate surface area is 88.7 Å². The molecule has 0 saturated heterocycles. The Hall–Kier alpha value is -0.630. The monoisotopic (exact) mass is 208 g/mol. The van der Waals surface area contributed by atoms with E-state index in [1.54, 1.807) is 0 Å². The minimum Gasteiger partial charge on any atom is -0.238 e. The molecule has 14 heavy (non-hydrogen) atoms. The minimum absolute atomic E-state index is 0.623. The Bertz CT molecular complexity index is 356. The molecule has 0 N–H and O–H groups in total. The first kappa shape index (κ1) is 8.66. The largest absolute Gasteiger partial charge is 0.238 e. The van der Waals surface area contributed by atoms with Gasteiger partial charge in [0.2, 0.25) is 0 Å². The third kappa shape index (κ3) is 1.90. The molecule has 0 aromatic carbocycles. The lowest BCUT2D eigenvalue weighted by atomic mass is 10.2. The second kappa shape index (κ2) is 3.20. The summed E-state index contributed by atoms with van der Waals surface area (Å²) in [5, 5.41) is 0.623. The molecule has 1 heterocycles. The highest BCUT2D eigenvalue weighted by Gasteiger charge is 2.27. The van der Waals surface area contributed by atoms with Crippen LogP contribution in [0.3, 0.4) is 0 Å². The Morgan fingerprint density at radius 2 is 2.00 bits per heavy atom. The van der Waals surface area contributed by atoms with Crippen molar-refractivity contribution in [1.29, 1.82) is 0 Å². The van der Waals surface area contributed by atoms with Gasteiger partial charge in [0, 0.05) is 18.0 Å². The predicted molar refractivity (Wildman–Crippen MR) is 55.4 cm³/mol. The molecule has 0 bridgehead atoms. The van der Waals surface area contributed by atoms with Crippen LogP contribution in [0, 0.1) is 5.92 Å². The molecule has 2 aliphatic rings. The summed E-state index contributed by atoms with van der Waals surface area (Å²) in [6.45, 7) is 0. The summed E-state index contributed by atoms with van der Waals surface area (Å²) in [5.74, 6) is 2.47. The summed E-state index contributed by atoms with van der Waals surface area (Å²) in [6, 6.07) is 1.93. The smallest absolute Gasteiger partial charge is 0.133 e. The van der Waals surface area contributed by atoms with Gasteiger partial charge in [-0.25, -0.2) is 9.97 Å². The molecule has 2 aliphatic carbocycles. The van der Waals surface area contributed by atoms with Crippen molar-refractivity contribution in [3.63, 3.8) is 0 Å². The molecule has 0 amide bonds. The van der Waals surface area contributed by atoms with Gasteiger partial charge in [-0.05, 0) is 37.7 Å². The summed E-state index contributed by atoms with van der Waals surface area (Å²) in [5.41, 5.74) is 1.17. The average molecular weight is 209 g/mol. The quantitative estimate of drug-likeness (QED) is 0.714. The van der Waals surface area contributed by atoms with Gasteiger partial charge in [-0.15, -0.1) is 0 Å². The van der Waals surface area contributed by atoms with Crippen LogP contribution in [0.15, 0.2) is 6.07 Å². The molecule has 0 atom stereocenters. The zero-order valence-corrected chi connectivity index (χ0v) is 8.80. The molecule has 0 unspecified atom stereocenters. The van der Waals surface area contributed by atoms with E-state index in [0.29, 0.717) is 11.1 Å². The van der Waals surface area contributed by atoms with E-state index in [1.165, 1.54) is 31.4 Å². The van der Waals surface area contributed by atoms with Crippen LogP contribution in [-0.2, 0) is 6.42 Å². The normalized spacial score (nSPS) is 21.2. The number of rotatable bonds is 3. The van der Waals surface area contributed by atoms with E-state index in [-0.39, 0.29) is 0 Å². The first-order valence-electron chi connectivity index (χ1n) is 5.34. The van der Waals surface area contributed by atoms with E-state index in [1.807, 2.05) is 6.07 Å². The van der Waals surface area contributed by atoms with Gasteiger partial charge in [-0.1, -0.05) is 11.6 Å². The number of hydrogen-bond acceptors (Lipinski definition) is 2. The summed E-state index contributed by atoms with van der Waals surface area (Å²) in [7, 11) is 0. The maximum atomic E-state index is 5.97. The highest BCUT2D eigenvalue weighted by Crippen LogP contribution is 2.40. The highest BCUT2D eigenvalue weighted by atomic mass is 35.5. The van der Waals surface area contributed by atoms with Crippen LogP contribution >= 0.6 is 11.6 Å². The average Bonchev–Trinajstić information content (AvgIpc) is 2.99. The molecular formula is C11H13ClN2. The van der Waals surface area contributed by atoms with Gasteiger partial charge in [-0.3, -0.25) is 0 Å². The lowest BCUT2D eigenvalue weighted by Crippen LogP contribution is -2.00. The van der Waals surface area contributed by atoms with Crippen LogP contribution in [0.25, 0.3) is 0 Å². The van der Waals surface area contributed by atoms with Crippen molar-refractivity contribution in [3.05, 3.63) is 22.7 Å². The standard InChI is InChI=1S/C11H13ClN2/c12-10-6-9(8-3-4-8)13-11(14-10)5-7-1-2-7/h6-8H,1-5H2.